The molecule has 0 aliphatic heterocycles. The van der Waals surface area contributed by atoms with E-state index in [1.807, 2.05) is 19.1 Å². The summed E-state index contributed by atoms with van der Waals surface area (Å²) in [7, 11) is -3.67. The Labute approximate surface area is 169 Å². The molecule has 0 aliphatic carbocycles. The molecule has 1 N–H and O–H groups in total. The highest BCUT2D eigenvalue weighted by molar-refractivity contribution is 7.92. The Hall–Kier alpha value is -2.89. The van der Waals surface area contributed by atoms with E-state index in [0.29, 0.717) is 16.3 Å². The maximum Gasteiger partial charge on any atom is 0.261 e. The molecule has 0 unspecified atom stereocenters. The number of hydrogen-bond donors (Lipinski definition) is 1. The topological polar surface area (TPSA) is 63.2 Å². The molecule has 28 heavy (non-hydrogen) atoms. The average molecular weight is 412 g/mol. The van der Waals surface area contributed by atoms with Crippen LogP contribution in [0, 0.1) is 6.92 Å². The van der Waals surface area contributed by atoms with Crippen molar-refractivity contribution in [3.05, 3.63) is 101 Å². The van der Waals surface area contributed by atoms with Gasteiger partial charge >= 0.3 is 0 Å². The third-order valence-electron chi connectivity index (χ3n) is 4.05. The van der Waals surface area contributed by atoms with Crippen LogP contribution in [-0.2, 0) is 10.0 Å². The van der Waals surface area contributed by atoms with Gasteiger partial charge in [0.05, 0.1) is 4.90 Å². The van der Waals surface area contributed by atoms with Gasteiger partial charge in [-0.1, -0.05) is 47.5 Å². The molecule has 0 saturated carbocycles. The molecule has 6 heteroatoms. The molecule has 0 bridgehead atoms. The van der Waals surface area contributed by atoms with Crippen LogP contribution in [0.1, 0.15) is 21.5 Å². The lowest BCUT2D eigenvalue weighted by atomic mass is 10.1. The second kappa shape index (κ2) is 8.42. The van der Waals surface area contributed by atoms with Crippen LogP contribution < -0.4 is 4.72 Å². The molecule has 0 fully saturated rings. The van der Waals surface area contributed by atoms with E-state index in [0.717, 1.165) is 11.1 Å². The lowest BCUT2D eigenvalue weighted by Gasteiger charge is -2.08. The molecular formula is C22H18ClNO3S. The van der Waals surface area contributed by atoms with Crippen molar-refractivity contribution in [1.82, 2.24) is 0 Å². The molecule has 0 atom stereocenters. The first kappa shape index (κ1) is 19.9. The molecule has 0 saturated heterocycles. The molecule has 0 spiro atoms. The number of carbonyl (C=O) groups excluding carboxylic acids is 1. The Morgan fingerprint density at radius 2 is 1.50 bits per heavy atom. The Bertz CT molecular complexity index is 1100. The minimum Gasteiger partial charge on any atom is -0.289 e. The maximum atomic E-state index is 12.4. The smallest absolute Gasteiger partial charge is 0.261 e. The van der Waals surface area contributed by atoms with Gasteiger partial charge in [0.15, 0.2) is 5.78 Å². The molecule has 0 aliphatic rings. The molecule has 3 aromatic rings. The van der Waals surface area contributed by atoms with Crippen molar-refractivity contribution in [3.63, 3.8) is 0 Å². The molecule has 4 nitrogen and oxygen atoms in total. The molecule has 142 valence electrons. The fourth-order valence-corrected chi connectivity index (χ4v) is 3.66. The Kier molecular flexibility index (Phi) is 5.97. The van der Waals surface area contributed by atoms with Crippen LogP contribution in [0.25, 0.3) is 6.08 Å². The number of carbonyl (C=O) groups is 1. The number of allylic oxidation sites excluding steroid dienone is 1. The van der Waals surface area contributed by atoms with Crippen LogP contribution in [0.3, 0.4) is 0 Å². The summed E-state index contributed by atoms with van der Waals surface area (Å²) in [5.41, 5.74) is 2.69. The zero-order valence-electron chi connectivity index (χ0n) is 15.1. The summed E-state index contributed by atoms with van der Waals surface area (Å²) in [5.74, 6) is -0.178. The quantitative estimate of drug-likeness (QED) is 0.439. The van der Waals surface area contributed by atoms with E-state index in [4.69, 9.17) is 11.6 Å². The molecule has 0 heterocycles. The van der Waals surface area contributed by atoms with Crippen LogP contribution in [0.4, 0.5) is 5.69 Å². The summed E-state index contributed by atoms with van der Waals surface area (Å²) in [6.45, 7) is 1.89. The molecule has 0 radical (unpaired) electrons. The van der Waals surface area contributed by atoms with Crippen LogP contribution >= 0.6 is 11.6 Å². The number of nitrogens with one attached hydrogen (secondary N) is 1. The van der Waals surface area contributed by atoms with E-state index >= 15 is 0 Å². The van der Waals surface area contributed by atoms with Crippen LogP contribution in [0.15, 0.2) is 83.8 Å². The number of sulfonamides is 1. The number of anilines is 1. The van der Waals surface area contributed by atoms with Crippen molar-refractivity contribution < 1.29 is 13.2 Å². The average Bonchev–Trinajstić information content (AvgIpc) is 2.68. The zero-order chi connectivity index (χ0) is 20.1. The van der Waals surface area contributed by atoms with E-state index in [-0.39, 0.29) is 10.7 Å². The van der Waals surface area contributed by atoms with E-state index < -0.39 is 10.0 Å². The molecule has 0 aromatic heterocycles. The zero-order valence-corrected chi connectivity index (χ0v) is 16.7. The van der Waals surface area contributed by atoms with Crippen LogP contribution in [-0.4, -0.2) is 14.2 Å². The Morgan fingerprint density at radius 3 is 2.11 bits per heavy atom. The number of rotatable bonds is 6. The van der Waals surface area contributed by atoms with Crippen molar-refractivity contribution in [2.24, 2.45) is 0 Å². The molecule has 3 rings (SSSR count). The van der Waals surface area contributed by atoms with Gasteiger partial charge in [-0.25, -0.2) is 8.42 Å². The molecular weight excluding hydrogens is 394 g/mol. The lowest BCUT2D eigenvalue weighted by molar-refractivity contribution is 0.104. The standard InChI is InChI=1S/C22H18ClNO3S/c1-16-2-13-21(14-3-16)28(26,27)24-20-11-7-18(8-12-20)22(25)15-6-17-4-9-19(23)10-5-17/h2-15,24H,1H3/b15-6+. The maximum absolute atomic E-state index is 12.4. The summed E-state index contributed by atoms with van der Waals surface area (Å²) in [6.07, 6.45) is 3.17. The van der Waals surface area contributed by atoms with Gasteiger partial charge in [-0.15, -0.1) is 0 Å². The number of aryl methyl sites for hydroxylation is 1. The van der Waals surface area contributed by atoms with E-state index in [2.05, 4.69) is 4.72 Å². The van der Waals surface area contributed by atoms with Gasteiger partial charge in [0.2, 0.25) is 0 Å². The fraction of sp³-hybridized carbons (Fsp3) is 0.0455. The normalized spacial score (nSPS) is 11.5. The fourth-order valence-electron chi connectivity index (χ4n) is 2.48. The highest BCUT2D eigenvalue weighted by atomic mass is 35.5. The molecule has 3 aromatic carbocycles. The third-order valence-corrected chi connectivity index (χ3v) is 5.70. The van der Waals surface area contributed by atoms with Crippen molar-refractivity contribution in [2.75, 3.05) is 4.72 Å². The first-order valence-electron chi connectivity index (χ1n) is 8.51. The summed E-state index contributed by atoms with van der Waals surface area (Å²) in [6, 6.07) is 20.0. The second-order valence-electron chi connectivity index (χ2n) is 6.25. The SMILES string of the molecule is Cc1ccc(S(=O)(=O)Nc2ccc(C(=O)/C=C/c3ccc(Cl)cc3)cc2)cc1. The predicted octanol–water partition coefficient (Wildman–Crippen LogP) is 5.35. The van der Waals surface area contributed by atoms with E-state index in [1.54, 1.807) is 66.7 Å². The van der Waals surface area contributed by atoms with E-state index in [1.165, 1.54) is 6.08 Å². The van der Waals surface area contributed by atoms with Crippen molar-refractivity contribution >= 4 is 39.2 Å². The number of halogens is 1. The van der Waals surface area contributed by atoms with E-state index in [9.17, 15) is 13.2 Å². The van der Waals surface area contributed by atoms with Gasteiger partial charge < -0.3 is 0 Å². The van der Waals surface area contributed by atoms with Crippen LogP contribution in [0.5, 0.6) is 0 Å². The highest BCUT2D eigenvalue weighted by Crippen LogP contribution is 2.18. The lowest BCUT2D eigenvalue weighted by Crippen LogP contribution is -2.13. The van der Waals surface area contributed by atoms with Gasteiger partial charge in [0, 0.05) is 16.3 Å². The Morgan fingerprint density at radius 1 is 0.893 bits per heavy atom. The minimum absolute atomic E-state index is 0.178. The second-order valence-corrected chi connectivity index (χ2v) is 8.36. The summed E-state index contributed by atoms with van der Waals surface area (Å²) < 4.78 is 27.3. The Balaban J connectivity index is 1.69. The first-order chi connectivity index (χ1) is 13.3. The number of benzene rings is 3. The summed E-state index contributed by atoms with van der Waals surface area (Å²) in [5, 5.41) is 0.632. The predicted molar refractivity (Wildman–Crippen MR) is 113 cm³/mol. The van der Waals surface area contributed by atoms with Crippen molar-refractivity contribution in [2.45, 2.75) is 11.8 Å². The van der Waals surface area contributed by atoms with Crippen LogP contribution in [0.2, 0.25) is 5.02 Å². The number of ketones is 1. The van der Waals surface area contributed by atoms with Gasteiger partial charge in [-0.2, -0.15) is 0 Å². The highest BCUT2D eigenvalue weighted by Gasteiger charge is 2.14. The largest absolute Gasteiger partial charge is 0.289 e. The van der Waals surface area contributed by atoms with Gasteiger partial charge in [-0.3, -0.25) is 9.52 Å². The summed E-state index contributed by atoms with van der Waals surface area (Å²) in [4.78, 5) is 12.5. The summed E-state index contributed by atoms with van der Waals surface area (Å²) >= 11 is 5.84. The van der Waals surface area contributed by atoms with Gasteiger partial charge in [0.25, 0.3) is 10.0 Å². The van der Waals surface area contributed by atoms with Crippen molar-refractivity contribution in [3.8, 4) is 0 Å². The molecule has 0 amide bonds. The third kappa shape index (κ3) is 5.09. The number of hydrogen-bond acceptors (Lipinski definition) is 3. The van der Waals surface area contributed by atoms with Gasteiger partial charge in [0.1, 0.15) is 0 Å². The van der Waals surface area contributed by atoms with Gasteiger partial charge in [-0.05, 0) is 67.1 Å². The van der Waals surface area contributed by atoms with Crippen molar-refractivity contribution in [1.29, 1.82) is 0 Å². The first-order valence-corrected chi connectivity index (χ1v) is 10.4. The minimum atomic E-state index is -3.67. The monoisotopic (exact) mass is 411 g/mol.